The molecule has 5 nitrogen and oxygen atoms in total. The van der Waals surface area contributed by atoms with Crippen LogP contribution < -0.4 is 0 Å². The third-order valence-electron chi connectivity index (χ3n) is 3.82. The average molecular weight is 317 g/mol. The molecule has 1 amide bonds. The van der Waals surface area contributed by atoms with Gasteiger partial charge in [-0.2, -0.15) is 0 Å². The van der Waals surface area contributed by atoms with E-state index in [-0.39, 0.29) is 12.3 Å². The molecule has 0 bridgehead atoms. The predicted octanol–water partition coefficient (Wildman–Crippen LogP) is 1.98. The fourth-order valence-corrected chi connectivity index (χ4v) is 3.09. The molecule has 1 N–H and O–H groups in total. The van der Waals surface area contributed by atoms with Crippen LogP contribution in [0.4, 0.5) is 0 Å². The highest BCUT2D eigenvalue weighted by molar-refractivity contribution is 7.13. The molecule has 22 heavy (non-hydrogen) atoms. The normalized spacial score (nSPS) is 15.5. The van der Waals surface area contributed by atoms with E-state index in [1.54, 1.807) is 18.1 Å². The number of thiazole rings is 1. The average Bonchev–Trinajstić information content (AvgIpc) is 3.28. The highest BCUT2D eigenvalue weighted by Gasteiger charge is 2.31. The molecule has 1 saturated carbocycles. The van der Waals surface area contributed by atoms with E-state index < -0.39 is 6.10 Å². The summed E-state index contributed by atoms with van der Waals surface area (Å²) >= 11 is 1.49. The number of aliphatic hydroxyl groups excluding tert-OH is 1. The summed E-state index contributed by atoms with van der Waals surface area (Å²) in [6.07, 6.45) is 3.74. The maximum Gasteiger partial charge on any atom is 0.228 e. The number of aromatic nitrogens is 2. The summed E-state index contributed by atoms with van der Waals surface area (Å²) in [5, 5.41) is 12.6. The summed E-state index contributed by atoms with van der Waals surface area (Å²) in [5.74, 6) is 0.364. The van der Waals surface area contributed by atoms with Gasteiger partial charge >= 0.3 is 0 Å². The van der Waals surface area contributed by atoms with Gasteiger partial charge in [-0.05, 0) is 30.9 Å². The lowest BCUT2D eigenvalue weighted by Crippen LogP contribution is -2.36. The Kier molecular flexibility index (Phi) is 4.49. The Morgan fingerprint density at radius 3 is 3.00 bits per heavy atom. The summed E-state index contributed by atoms with van der Waals surface area (Å²) < 4.78 is 0. The second kappa shape index (κ2) is 6.54. The highest BCUT2D eigenvalue weighted by atomic mass is 32.1. The molecule has 1 aliphatic carbocycles. The molecule has 1 fully saturated rings. The van der Waals surface area contributed by atoms with Crippen LogP contribution in [0.25, 0.3) is 10.7 Å². The number of carbonyl (C=O) groups is 1. The zero-order chi connectivity index (χ0) is 15.5. The van der Waals surface area contributed by atoms with E-state index in [1.165, 1.54) is 11.3 Å². The topological polar surface area (TPSA) is 66.3 Å². The maximum atomic E-state index is 12.2. The lowest BCUT2D eigenvalue weighted by molar-refractivity contribution is -0.130. The molecule has 0 aromatic carbocycles. The first-order valence-corrected chi connectivity index (χ1v) is 8.29. The number of hydrogen-bond acceptors (Lipinski definition) is 5. The van der Waals surface area contributed by atoms with Crippen molar-refractivity contribution in [3.05, 3.63) is 35.5 Å². The Balaban J connectivity index is 1.58. The van der Waals surface area contributed by atoms with Crippen LogP contribution in [0, 0.1) is 5.92 Å². The summed E-state index contributed by atoms with van der Waals surface area (Å²) in [5.41, 5.74) is 1.58. The molecule has 0 saturated heterocycles. The maximum absolute atomic E-state index is 12.2. The van der Waals surface area contributed by atoms with Crippen molar-refractivity contribution in [3.8, 4) is 10.7 Å². The first-order valence-electron chi connectivity index (χ1n) is 7.41. The van der Waals surface area contributed by atoms with E-state index in [9.17, 15) is 9.90 Å². The third-order valence-corrected chi connectivity index (χ3v) is 4.73. The van der Waals surface area contributed by atoms with Crippen molar-refractivity contribution in [2.45, 2.75) is 25.4 Å². The number of amides is 1. The number of carbonyl (C=O) groups excluding carboxylic acids is 1. The molecular weight excluding hydrogens is 298 g/mol. The van der Waals surface area contributed by atoms with Gasteiger partial charge in [0.15, 0.2) is 0 Å². The molecular formula is C16H19N3O2S. The van der Waals surface area contributed by atoms with E-state index in [0.29, 0.717) is 12.5 Å². The lowest BCUT2D eigenvalue weighted by atomic mass is 10.2. The SMILES string of the molecule is CN(CC(O)C1CC1)C(=O)Cc1csc(-c2ccccn2)n1. The van der Waals surface area contributed by atoms with Gasteiger partial charge in [0.1, 0.15) is 5.01 Å². The summed E-state index contributed by atoms with van der Waals surface area (Å²) in [7, 11) is 1.74. The van der Waals surface area contributed by atoms with Crippen LogP contribution in [-0.4, -0.2) is 45.6 Å². The quantitative estimate of drug-likeness (QED) is 0.884. The Morgan fingerprint density at radius 1 is 1.50 bits per heavy atom. The summed E-state index contributed by atoms with van der Waals surface area (Å²) in [6.45, 7) is 0.404. The Hall–Kier alpha value is -1.79. The number of rotatable bonds is 6. The van der Waals surface area contributed by atoms with Gasteiger partial charge in [-0.3, -0.25) is 9.78 Å². The zero-order valence-electron chi connectivity index (χ0n) is 12.5. The van der Waals surface area contributed by atoms with Gasteiger partial charge in [0.2, 0.25) is 5.91 Å². The second-order valence-corrected chi connectivity index (χ2v) is 6.57. The molecule has 0 aliphatic heterocycles. The Bertz CT molecular complexity index is 640. The van der Waals surface area contributed by atoms with Gasteiger partial charge in [0, 0.05) is 25.2 Å². The minimum Gasteiger partial charge on any atom is -0.391 e. The van der Waals surface area contributed by atoms with Crippen molar-refractivity contribution >= 4 is 17.2 Å². The minimum absolute atomic E-state index is 0.0161. The molecule has 2 aromatic rings. The smallest absolute Gasteiger partial charge is 0.228 e. The fraction of sp³-hybridized carbons (Fsp3) is 0.438. The Morgan fingerprint density at radius 2 is 2.32 bits per heavy atom. The van der Waals surface area contributed by atoms with Crippen molar-refractivity contribution in [3.63, 3.8) is 0 Å². The summed E-state index contributed by atoms with van der Waals surface area (Å²) in [6, 6.07) is 5.69. The van der Waals surface area contributed by atoms with E-state index in [4.69, 9.17) is 0 Å². The van der Waals surface area contributed by atoms with E-state index in [2.05, 4.69) is 9.97 Å². The molecule has 6 heteroatoms. The molecule has 1 aliphatic rings. The monoisotopic (exact) mass is 317 g/mol. The Labute approximate surface area is 133 Å². The van der Waals surface area contributed by atoms with Crippen LogP contribution in [0.2, 0.25) is 0 Å². The van der Waals surface area contributed by atoms with Crippen LogP contribution in [0.1, 0.15) is 18.5 Å². The number of aliphatic hydroxyl groups is 1. The zero-order valence-corrected chi connectivity index (χ0v) is 13.3. The van der Waals surface area contributed by atoms with Gasteiger partial charge < -0.3 is 10.0 Å². The first-order chi connectivity index (χ1) is 10.6. The second-order valence-electron chi connectivity index (χ2n) is 5.71. The van der Waals surface area contributed by atoms with Crippen molar-refractivity contribution in [2.24, 2.45) is 5.92 Å². The van der Waals surface area contributed by atoms with Gasteiger partial charge in [-0.25, -0.2) is 4.98 Å². The van der Waals surface area contributed by atoms with E-state index in [0.717, 1.165) is 29.2 Å². The van der Waals surface area contributed by atoms with E-state index >= 15 is 0 Å². The van der Waals surface area contributed by atoms with Crippen LogP contribution >= 0.6 is 11.3 Å². The van der Waals surface area contributed by atoms with Gasteiger partial charge in [0.05, 0.1) is 23.9 Å². The molecule has 0 spiro atoms. The molecule has 0 radical (unpaired) electrons. The number of likely N-dealkylation sites (N-methyl/N-ethyl adjacent to an activating group) is 1. The van der Waals surface area contributed by atoms with E-state index in [1.807, 2.05) is 23.6 Å². The van der Waals surface area contributed by atoms with Gasteiger partial charge in [-0.15, -0.1) is 11.3 Å². The van der Waals surface area contributed by atoms with Crippen LogP contribution in [0.5, 0.6) is 0 Å². The van der Waals surface area contributed by atoms with Crippen molar-refractivity contribution in [1.29, 1.82) is 0 Å². The van der Waals surface area contributed by atoms with Crippen LogP contribution in [0.3, 0.4) is 0 Å². The number of hydrogen-bond donors (Lipinski definition) is 1. The molecule has 2 heterocycles. The van der Waals surface area contributed by atoms with Crippen molar-refractivity contribution < 1.29 is 9.90 Å². The standard InChI is InChI=1S/C16H19N3O2S/c1-19(9-14(20)11-5-6-11)15(21)8-12-10-22-16(18-12)13-4-2-3-7-17-13/h2-4,7,10-11,14,20H,5-6,8-9H2,1H3. The van der Waals surface area contributed by atoms with Crippen molar-refractivity contribution in [2.75, 3.05) is 13.6 Å². The molecule has 3 rings (SSSR count). The number of nitrogens with zero attached hydrogens (tertiary/aromatic N) is 3. The molecule has 1 atom stereocenters. The predicted molar refractivity (Wildman–Crippen MR) is 85.4 cm³/mol. The highest BCUT2D eigenvalue weighted by Crippen LogP contribution is 2.32. The van der Waals surface area contributed by atoms with Crippen LogP contribution in [-0.2, 0) is 11.2 Å². The van der Waals surface area contributed by atoms with Crippen molar-refractivity contribution in [1.82, 2.24) is 14.9 Å². The molecule has 116 valence electrons. The van der Waals surface area contributed by atoms with Gasteiger partial charge in [0.25, 0.3) is 0 Å². The number of pyridine rings is 1. The molecule has 2 aromatic heterocycles. The van der Waals surface area contributed by atoms with Crippen LogP contribution in [0.15, 0.2) is 29.8 Å². The van der Waals surface area contributed by atoms with Gasteiger partial charge in [-0.1, -0.05) is 6.07 Å². The first kappa shape index (κ1) is 15.1. The third kappa shape index (κ3) is 3.69. The lowest BCUT2D eigenvalue weighted by Gasteiger charge is -2.20. The largest absolute Gasteiger partial charge is 0.391 e. The fourth-order valence-electron chi connectivity index (χ4n) is 2.30. The minimum atomic E-state index is -0.395. The molecule has 1 unspecified atom stereocenters. The summed E-state index contributed by atoms with van der Waals surface area (Å²) in [4.78, 5) is 22.5.